The van der Waals surface area contributed by atoms with Crippen LogP contribution in [0.2, 0.25) is 0 Å². The molecule has 1 fully saturated rings. The van der Waals surface area contributed by atoms with Crippen LogP contribution in [0, 0.1) is 0 Å². The number of pyridine rings is 2. The van der Waals surface area contributed by atoms with Gasteiger partial charge in [-0.25, -0.2) is 40.0 Å². The molecule has 0 aromatic carbocycles. The molecule has 4 rings (SSSR count). The summed E-state index contributed by atoms with van der Waals surface area (Å²) in [5.41, 5.74) is -0.223. The lowest BCUT2D eigenvalue weighted by Crippen LogP contribution is -2.42. The average molecular weight is 586 g/mol. The molecule has 0 radical (unpaired) electrons. The van der Waals surface area contributed by atoms with Crippen molar-refractivity contribution in [3.8, 4) is 0 Å². The topological polar surface area (TPSA) is 170 Å². The smallest absolute Gasteiger partial charge is 0.269 e. The van der Waals surface area contributed by atoms with Gasteiger partial charge in [0.1, 0.15) is 5.65 Å². The van der Waals surface area contributed by atoms with Crippen molar-refractivity contribution in [3.63, 3.8) is 0 Å². The number of fused-ring (bicyclic) bond motifs is 1. The molecule has 0 spiro atoms. The third-order valence-corrected chi connectivity index (χ3v) is 8.60. The van der Waals surface area contributed by atoms with Gasteiger partial charge in [-0.2, -0.15) is 4.98 Å². The van der Waals surface area contributed by atoms with Crippen molar-refractivity contribution >= 4 is 37.0 Å². The van der Waals surface area contributed by atoms with Crippen LogP contribution in [0.4, 0.5) is 14.7 Å². The number of piperidine rings is 1. The molecule has 0 atom stereocenters. The third kappa shape index (κ3) is 7.52. The highest BCUT2D eigenvalue weighted by molar-refractivity contribution is 7.89. The van der Waals surface area contributed by atoms with Gasteiger partial charge in [0.2, 0.25) is 26.0 Å². The SMILES string of the molecule is CS(=O)(=O)N1CCC(Nc2ncc3cc(C(F)F)c(=O)n(Cc4ccc(CCCS(N)(=O)=O)nc4)c3n2)CC1. The fourth-order valence-electron chi connectivity index (χ4n) is 4.40. The Labute approximate surface area is 224 Å². The average Bonchev–Trinajstić information content (AvgIpc) is 2.85. The van der Waals surface area contributed by atoms with E-state index in [1.807, 2.05) is 0 Å². The van der Waals surface area contributed by atoms with Crippen molar-refractivity contribution in [2.24, 2.45) is 5.14 Å². The summed E-state index contributed by atoms with van der Waals surface area (Å²) in [5, 5.41) is 8.43. The summed E-state index contributed by atoms with van der Waals surface area (Å²) >= 11 is 0. The molecular formula is C23H29F2N7O5S2. The summed E-state index contributed by atoms with van der Waals surface area (Å²) in [6.45, 7) is 0.610. The van der Waals surface area contributed by atoms with Gasteiger partial charge in [-0.3, -0.25) is 14.3 Å². The molecule has 39 heavy (non-hydrogen) atoms. The van der Waals surface area contributed by atoms with Crippen molar-refractivity contribution in [3.05, 3.63) is 57.8 Å². The predicted molar refractivity (Wildman–Crippen MR) is 141 cm³/mol. The van der Waals surface area contributed by atoms with E-state index in [4.69, 9.17) is 5.14 Å². The monoisotopic (exact) mass is 585 g/mol. The maximum atomic E-state index is 13.7. The minimum absolute atomic E-state index is 0.0798. The van der Waals surface area contributed by atoms with Gasteiger partial charge in [-0.15, -0.1) is 0 Å². The first-order chi connectivity index (χ1) is 18.3. The number of alkyl halides is 2. The van der Waals surface area contributed by atoms with Gasteiger partial charge in [0.25, 0.3) is 12.0 Å². The van der Waals surface area contributed by atoms with Crippen molar-refractivity contribution in [2.75, 3.05) is 30.4 Å². The van der Waals surface area contributed by atoms with Gasteiger partial charge in [0.15, 0.2) is 0 Å². The summed E-state index contributed by atoms with van der Waals surface area (Å²) in [6, 6.07) is 4.34. The normalized spacial score (nSPS) is 15.7. The standard InChI is InChI=1S/C23H29F2N7O5S2/c1-38(34,35)31-8-6-18(7-9-31)29-23-28-13-16-11-19(20(24)25)22(33)32(21(16)30-23)14-15-4-5-17(27-12-15)3-2-10-39(26,36)37/h4-5,11-13,18,20H,2-3,6-10,14H2,1H3,(H2,26,36,37)(H,28,29,30). The van der Waals surface area contributed by atoms with Gasteiger partial charge >= 0.3 is 0 Å². The van der Waals surface area contributed by atoms with Gasteiger partial charge < -0.3 is 5.32 Å². The Balaban J connectivity index is 1.58. The number of rotatable bonds is 10. The lowest BCUT2D eigenvalue weighted by molar-refractivity contribution is 0.149. The number of hydrogen-bond acceptors (Lipinski definition) is 9. The molecule has 4 heterocycles. The first kappa shape index (κ1) is 28.9. The van der Waals surface area contributed by atoms with Crippen molar-refractivity contribution in [1.29, 1.82) is 0 Å². The van der Waals surface area contributed by atoms with E-state index < -0.39 is 37.6 Å². The van der Waals surface area contributed by atoms with Crippen LogP contribution in [0.3, 0.4) is 0 Å². The first-order valence-electron chi connectivity index (χ1n) is 12.1. The van der Waals surface area contributed by atoms with E-state index >= 15 is 0 Å². The zero-order valence-corrected chi connectivity index (χ0v) is 22.8. The fraction of sp³-hybridized carbons (Fsp3) is 0.478. The van der Waals surface area contributed by atoms with E-state index in [-0.39, 0.29) is 35.3 Å². The minimum atomic E-state index is -3.57. The van der Waals surface area contributed by atoms with E-state index in [0.29, 0.717) is 50.0 Å². The van der Waals surface area contributed by atoms with E-state index in [0.717, 1.165) is 16.9 Å². The Bertz CT molecular complexity index is 1610. The highest BCUT2D eigenvalue weighted by Gasteiger charge is 2.25. The number of nitrogens with zero attached hydrogens (tertiary/aromatic N) is 5. The number of primary sulfonamides is 1. The van der Waals surface area contributed by atoms with E-state index in [1.54, 1.807) is 12.1 Å². The second-order valence-electron chi connectivity index (χ2n) is 9.47. The van der Waals surface area contributed by atoms with E-state index in [2.05, 4.69) is 20.3 Å². The molecule has 0 unspecified atom stereocenters. The molecule has 0 saturated carbocycles. The number of halogens is 2. The van der Waals surface area contributed by atoms with Crippen LogP contribution in [-0.4, -0.2) is 71.8 Å². The van der Waals surface area contributed by atoms with Crippen LogP contribution in [0.15, 0.2) is 35.4 Å². The second-order valence-corrected chi connectivity index (χ2v) is 13.2. The van der Waals surface area contributed by atoms with Crippen molar-refractivity contribution in [1.82, 2.24) is 23.8 Å². The Morgan fingerprint density at radius 1 is 1.13 bits per heavy atom. The summed E-state index contributed by atoms with van der Waals surface area (Å²) in [6.07, 6.45) is 2.77. The molecule has 3 aromatic heterocycles. The molecular weight excluding hydrogens is 556 g/mol. The predicted octanol–water partition coefficient (Wildman–Crippen LogP) is 1.23. The summed E-state index contributed by atoms with van der Waals surface area (Å²) < 4.78 is 75.6. The molecule has 0 aliphatic carbocycles. The Hall–Kier alpha value is -3.08. The molecule has 0 bridgehead atoms. The Morgan fingerprint density at radius 3 is 2.44 bits per heavy atom. The van der Waals surface area contributed by atoms with Gasteiger partial charge in [0.05, 0.1) is 24.1 Å². The fourth-order valence-corrected chi connectivity index (χ4v) is 5.82. The van der Waals surface area contributed by atoms with E-state index in [1.165, 1.54) is 16.7 Å². The molecule has 3 N–H and O–H groups in total. The van der Waals surface area contributed by atoms with Crippen LogP contribution in [0.5, 0.6) is 0 Å². The van der Waals surface area contributed by atoms with Crippen molar-refractivity contribution in [2.45, 2.75) is 44.7 Å². The maximum Gasteiger partial charge on any atom is 0.269 e. The van der Waals surface area contributed by atoms with Gasteiger partial charge in [-0.1, -0.05) is 6.07 Å². The molecule has 0 amide bonds. The molecule has 12 nitrogen and oxygen atoms in total. The van der Waals surface area contributed by atoms with Crippen LogP contribution in [0.1, 0.15) is 42.5 Å². The summed E-state index contributed by atoms with van der Waals surface area (Å²) in [4.78, 5) is 26.0. The van der Waals surface area contributed by atoms with Crippen molar-refractivity contribution < 1.29 is 25.6 Å². The maximum absolute atomic E-state index is 13.7. The first-order valence-corrected chi connectivity index (χ1v) is 15.7. The second kappa shape index (κ2) is 11.6. The van der Waals surface area contributed by atoms with Crippen LogP contribution < -0.4 is 16.0 Å². The highest BCUT2D eigenvalue weighted by atomic mass is 32.2. The number of sulfonamides is 2. The summed E-state index contributed by atoms with van der Waals surface area (Å²) in [5.74, 6) is 0.0204. The number of aromatic nitrogens is 4. The molecule has 1 aliphatic rings. The highest BCUT2D eigenvalue weighted by Crippen LogP contribution is 2.22. The lowest BCUT2D eigenvalue weighted by atomic mass is 10.1. The van der Waals surface area contributed by atoms with Crippen LogP contribution >= 0.6 is 0 Å². The Morgan fingerprint density at radius 2 is 1.85 bits per heavy atom. The zero-order valence-electron chi connectivity index (χ0n) is 21.1. The lowest BCUT2D eigenvalue weighted by Gasteiger charge is -2.30. The van der Waals surface area contributed by atoms with E-state index in [9.17, 15) is 30.4 Å². The molecule has 1 aliphatic heterocycles. The molecule has 1 saturated heterocycles. The number of hydrogen-bond donors (Lipinski definition) is 2. The zero-order chi connectivity index (χ0) is 28.4. The van der Waals surface area contributed by atoms with Crippen LogP contribution in [0.25, 0.3) is 11.0 Å². The minimum Gasteiger partial charge on any atom is -0.351 e. The number of nitrogens with one attached hydrogen (secondary N) is 1. The molecule has 212 valence electrons. The molecule has 3 aromatic rings. The number of aryl methyl sites for hydroxylation is 1. The quantitative estimate of drug-likeness (QED) is 0.355. The Kier molecular flexibility index (Phi) is 8.58. The number of nitrogens with two attached hydrogens (primary N) is 1. The largest absolute Gasteiger partial charge is 0.351 e. The summed E-state index contributed by atoms with van der Waals surface area (Å²) in [7, 11) is -6.85. The molecule has 16 heteroatoms. The van der Waals surface area contributed by atoms with Gasteiger partial charge in [0, 0.05) is 42.6 Å². The van der Waals surface area contributed by atoms with Gasteiger partial charge in [-0.05, 0) is 43.4 Å². The number of anilines is 1. The van der Waals surface area contributed by atoms with Crippen LogP contribution in [-0.2, 0) is 33.0 Å². The third-order valence-electron chi connectivity index (χ3n) is 6.43.